The average Bonchev–Trinajstić information content (AvgIpc) is 2.61. The molecule has 0 heterocycles. The predicted molar refractivity (Wildman–Crippen MR) is 91.6 cm³/mol. The van der Waals surface area contributed by atoms with Crippen LogP contribution in [-0.4, -0.2) is 18.7 Å². The third-order valence-corrected chi connectivity index (χ3v) is 3.29. The van der Waals surface area contributed by atoms with E-state index in [2.05, 4.69) is 10.5 Å². The van der Waals surface area contributed by atoms with Crippen LogP contribution in [0.25, 0.3) is 10.8 Å². The highest BCUT2D eigenvalue weighted by atomic mass is 16.5. The molecule has 4 nitrogen and oxygen atoms in total. The first-order chi connectivity index (χ1) is 11.3. The molecule has 4 heteroatoms. The highest BCUT2D eigenvalue weighted by Crippen LogP contribution is 2.20. The van der Waals surface area contributed by atoms with Gasteiger partial charge in [0.15, 0.2) is 6.61 Å². The van der Waals surface area contributed by atoms with Gasteiger partial charge in [-0.15, -0.1) is 0 Å². The van der Waals surface area contributed by atoms with Gasteiger partial charge in [0.2, 0.25) is 0 Å². The lowest BCUT2D eigenvalue weighted by molar-refractivity contribution is -0.123. The first kappa shape index (κ1) is 14.8. The van der Waals surface area contributed by atoms with Gasteiger partial charge in [0, 0.05) is 0 Å². The van der Waals surface area contributed by atoms with Crippen molar-refractivity contribution in [2.24, 2.45) is 5.10 Å². The van der Waals surface area contributed by atoms with Crippen LogP contribution in [0.2, 0.25) is 0 Å². The number of hydrazone groups is 1. The first-order valence-corrected chi connectivity index (χ1v) is 7.30. The summed E-state index contributed by atoms with van der Waals surface area (Å²) in [5, 5.41) is 6.11. The second-order valence-corrected chi connectivity index (χ2v) is 5.00. The zero-order valence-corrected chi connectivity index (χ0v) is 12.5. The molecule has 0 radical (unpaired) electrons. The standard InChI is InChI=1S/C19H16N2O2/c22-19(21-20-13-15-6-2-1-3-7-15)14-23-18-11-10-16-8-4-5-9-17(16)12-18/h1-13H,14H2,(H,21,22)/b20-13+. The van der Waals surface area contributed by atoms with Gasteiger partial charge in [-0.3, -0.25) is 4.79 Å². The monoisotopic (exact) mass is 304 g/mol. The van der Waals surface area contributed by atoms with Crippen LogP contribution in [-0.2, 0) is 4.79 Å². The molecule has 0 aliphatic heterocycles. The Bertz CT molecular complexity index is 829. The molecule has 0 atom stereocenters. The molecule has 0 aliphatic rings. The van der Waals surface area contributed by atoms with E-state index >= 15 is 0 Å². The van der Waals surface area contributed by atoms with Gasteiger partial charge in [-0.25, -0.2) is 5.43 Å². The summed E-state index contributed by atoms with van der Waals surface area (Å²) in [7, 11) is 0. The van der Waals surface area contributed by atoms with Crippen molar-refractivity contribution in [2.45, 2.75) is 0 Å². The van der Waals surface area contributed by atoms with Gasteiger partial charge in [-0.05, 0) is 28.5 Å². The third-order valence-electron chi connectivity index (χ3n) is 3.29. The number of hydrogen-bond acceptors (Lipinski definition) is 3. The number of nitrogens with zero attached hydrogens (tertiary/aromatic N) is 1. The summed E-state index contributed by atoms with van der Waals surface area (Å²) in [5.74, 6) is 0.358. The largest absolute Gasteiger partial charge is 0.484 e. The minimum Gasteiger partial charge on any atom is -0.484 e. The van der Waals surface area contributed by atoms with E-state index in [0.29, 0.717) is 5.75 Å². The van der Waals surface area contributed by atoms with Crippen LogP contribution in [0.15, 0.2) is 77.9 Å². The third kappa shape index (κ3) is 4.17. The molecule has 0 aliphatic carbocycles. The maximum atomic E-state index is 11.7. The number of rotatable bonds is 5. The molecule has 0 saturated heterocycles. The van der Waals surface area contributed by atoms with Crippen molar-refractivity contribution in [2.75, 3.05) is 6.61 Å². The fourth-order valence-corrected chi connectivity index (χ4v) is 2.16. The van der Waals surface area contributed by atoms with E-state index in [-0.39, 0.29) is 12.5 Å². The van der Waals surface area contributed by atoms with Crippen LogP contribution in [0.1, 0.15) is 5.56 Å². The number of benzene rings is 3. The molecule has 0 fully saturated rings. The lowest BCUT2D eigenvalue weighted by atomic mass is 10.1. The number of hydrogen-bond donors (Lipinski definition) is 1. The summed E-state index contributed by atoms with van der Waals surface area (Å²) in [5.41, 5.74) is 3.36. The van der Waals surface area contributed by atoms with Crippen molar-refractivity contribution in [3.63, 3.8) is 0 Å². The molecule has 23 heavy (non-hydrogen) atoms. The Morgan fingerprint density at radius 3 is 2.52 bits per heavy atom. The molecule has 0 saturated carbocycles. The van der Waals surface area contributed by atoms with Gasteiger partial charge in [0.05, 0.1) is 6.21 Å². The zero-order valence-electron chi connectivity index (χ0n) is 12.5. The van der Waals surface area contributed by atoms with Crippen LogP contribution in [0.4, 0.5) is 0 Å². The van der Waals surface area contributed by atoms with E-state index in [1.807, 2.05) is 72.8 Å². The van der Waals surface area contributed by atoms with Gasteiger partial charge in [0.1, 0.15) is 5.75 Å². The Labute approximate surface area is 134 Å². The van der Waals surface area contributed by atoms with Gasteiger partial charge in [0.25, 0.3) is 5.91 Å². The molecule has 114 valence electrons. The Morgan fingerprint density at radius 2 is 1.70 bits per heavy atom. The molecular weight excluding hydrogens is 288 g/mol. The van der Waals surface area contributed by atoms with Crippen LogP contribution in [0, 0.1) is 0 Å². The zero-order chi connectivity index (χ0) is 15.9. The summed E-state index contributed by atoms with van der Waals surface area (Å²) in [6, 6.07) is 23.3. The van der Waals surface area contributed by atoms with E-state index in [9.17, 15) is 4.79 Å². The minimum absolute atomic E-state index is 0.0789. The summed E-state index contributed by atoms with van der Waals surface area (Å²) >= 11 is 0. The quantitative estimate of drug-likeness (QED) is 0.580. The number of nitrogens with one attached hydrogen (secondary N) is 1. The smallest absolute Gasteiger partial charge is 0.277 e. The van der Waals surface area contributed by atoms with Crippen LogP contribution >= 0.6 is 0 Å². The second kappa shape index (κ2) is 7.22. The summed E-state index contributed by atoms with van der Waals surface area (Å²) < 4.78 is 5.49. The van der Waals surface area contributed by atoms with E-state index in [1.165, 1.54) is 0 Å². The predicted octanol–water partition coefficient (Wildman–Crippen LogP) is 3.37. The van der Waals surface area contributed by atoms with E-state index < -0.39 is 0 Å². The van der Waals surface area contributed by atoms with E-state index in [0.717, 1.165) is 16.3 Å². The van der Waals surface area contributed by atoms with Crippen molar-refractivity contribution in [1.29, 1.82) is 0 Å². The fraction of sp³-hybridized carbons (Fsp3) is 0.0526. The number of amides is 1. The molecule has 3 aromatic rings. The van der Waals surface area contributed by atoms with Crippen LogP contribution in [0.3, 0.4) is 0 Å². The average molecular weight is 304 g/mol. The SMILES string of the molecule is O=C(COc1ccc2ccccc2c1)N/N=C/c1ccccc1. The van der Waals surface area contributed by atoms with Crippen molar-refractivity contribution in [1.82, 2.24) is 5.43 Å². The minimum atomic E-state index is -0.301. The van der Waals surface area contributed by atoms with Crippen molar-refractivity contribution in [3.8, 4) is 5.75 Å². The Kier molecular flexibility index (Phi) is 4.64. The Morgan fingerprint density at radius 1 is 0.957 bits per heavy atom. The maximum Gasteiger partial charge on any atom is 0.277 e. The van der Waals surface area contributed by atoms with E-state index in [4.69, 9.17) is 4.74 Å². The highest BCUT2D eigenvalue weighted by molar-refractivity contribution is 5.84. The molecule has 0 bridgehead atoms. The van der Waals surface area contributed by atoms with Crippen molar-refractivity contribution < 1.29 is 9.53 Å². The molecular formula is C19H16N2O2. The summed E-state index contributed by atoms with van der Waals surface area (Å²) in [6.07, 6.45) is 1.59. The fourth-order valence-electron chi connectivity index (χ4n) is 2.16. The number of carbonyl (C=O) groups is 1. The molecule has 1 amide bonds. The second-order valence-electron chi connectivity index (χ2n) is 5.00. The number of fused-ring (bicyclic) bond motifs is 1. The normalized spacial score (nSPS) is 10.8. The Balaban J connectivity index is 1.52. The van der Waals surface area contributed by atoms with E-state index in [1.54, 1.807) is 6.21 Å². The lowest BCUT2D eigenvalue weighted by Gasteiger charge is -2.06. The Hall–Kier alpha value is -3.14. The van der Waals surface area contributed by atoms with Crippen LogP contribution in [0.5, 0.6) is 5.75 Å². The van der Waals surface area contributed by atoms with Gasteiger partial charge in [-0.1, -0.05) is 60.7 Å². The molecule has 0 aromatic heterocycles. The maximum absolute atomic E-state index is 11.7. The van der Waals surface area contributed by atoms with Gasteiger partial charge >= 0.3 is 0 Å². The summed E-state index contributed by atoms with van der Waals surface area (Å²) in [6.45, 7) is -0.0789. The first-order valence-electron chi connectivity index (χ1n) is 7.30. The lowest BCUT2D eigenvalue weighted by Crippen LogP contribution is -2.24. The molecule has 0 spiro atoms. The molecule has 3 rings (SSSR count). The molecule has 3 aromatic carbocycles. The molecule has 0 unspecified atom stereocenters. The van der Waals surface area contributed by atoms with Crippen molar-refractivity contribution >= 4 is 22.9 Å². The number of ether oxygens (including phenoxy) is 1. The number of carbonyl (C=O) groups excluding carboxylic acids is 1. The summed E-state index contributed by atoms with van der Waals surface area (Å²) in [4.78, 5) is 11.7. The van der Waals surface area contributed by atoms with Crippen molar-refractivity contribution in [3.05, 3.63) is 78.4 Å². The topological polar surface area (TPSA) is 50.7 Å². The van der Waals surface area contributed by atoms with Gasteiger partial charge < -0.3 is 4.74 Å². The van der Waals surface area contributed by atoms with Crippen LogP contribution < -0.4 is 10.2 Å². The molecule has 1 N–H and O–H groups in total. The van der Waals surface area contributed by atoms with Gasteiger partial charge in [-0.2, -0.15) is 5.10 Å². The highest BCUT2D eigenvalue weighted by Gasteiger charge is 2.02.